The van der Waals surface area contributed by atoms with E-state index in [0.29, 0.717) is 5.82 Å². The van der Waals surface area contributed by atoms with Crippen molar-refractivity contribution in [3.8, 4) is 33.8 Å². The summed E-state index contributed by atoms with van der Waals surface area (Å²) in [5.74, 6) is 0.680. The lowest BCUT2D eigenvalue weighted by Gasteiger charge is -2.12. The molecular formula is C42H24N2O2. The minimum Gasteiger partial charge on any atom is -0.456 e. The van der Waals surface area contributed by atoms with Crippen LogP contribution in [0.4, 0.5) is 0 Å². The molecule has 0 aliphatic carbocycles. The first-order chi connectivity index (χ1) is 22.8. The van der Waals surface area contributed by atoms with Gasteiger partial charge in [-0.05, 0) is 65.0 Å². The standard InChI is InChI=1S/C42H24N2O2/c1-2-10-25(11-3-1)26-18-20-30-34-24-35(28-12-4-5-14-31(28)41(34)46-39(30)23-26)42-43-36-16-8-6-15-32(36)40(44-42)27-19-21-38-33(22-27)29-13-7-9-17-37(29)45-38/h1-24H. The molecule has 0 aliphatic heterocycles. The summed E-state index contributed by atoms with van der Waals surface area (Å²) in [6.07, 6.45) is 0. The highest BCUT2D eigenvalue weighted by molar-refractivity contribution is 6.19. The van der Waals surface area contributed by atoms with Crippen LogP contribution < -0.4 is 0 Å². The average Bonchev–Trinajstić information content (AvgIpc) is 3.69. The maximum Gasteiger partial charge on any atom is 0.161 e. The number of nitrogens with zero attached hydrogens (tertiary/aromatic N) is 2. The fourth-order valence-corrected chi connectivity index (χ4v) is 6.88. The van der Waals surface area contributed by atoms with E-state index in [4.69, 9.17) is 18.8 Å². The molecular weight excluding hydrogens is 564 g/mol. The van der Waals surface area contributed by atoms with Crippen molar-refractivity contribution in [1.82, 2.24) is 9.97 Å². The summed E-state index contributed by atoms with van der Waals surface area (Å²) >= 11 is 0. The Morgan fingerprint density at radius 1 is 0.370 bits per heavy atom. The van der Waals surface area contributed by atoms with Gasteiger partial charge < -0.3 is 8.83 Å². The Morgan fingerprint density at radius 3 is 1.96 bits per heavy atom. The Bertz CT molecular complexity index is 2810. The summed E-state index contributed by atoms with van der Waals surface area (Å²) in [6, 6.07) is 50.2. The van der Waals surface area contributed by atoms with E-state index in [1.165, 1.54) is 0 Å². The van der Waals surface area contributed by atoms with Crippen molar-refractivity contribution in [2.75, 3.05) is 0 Å². The molecule has 0 saturated carbocycles. The second-order valence-corrected chi connectivity index (χ2v) is 11.7. The normalized spacial score (nSPS) is 11.9. The van der Waals surface area contributed by atoms with E-state index in [2.05, 4.69) is 103 Å². The zero-order valence-electron chi connectivity index (χ0n) is 24.6. The number of aromatic nitrogens is 2. The highest BCUT2D eigenvalue weighted by Crippen LogP contribution is 2.41. The third kappa shape index (κ3) is 3.74. The average molecular weight is 589 g/mol. The van der Waals surface area contributed by atoms with Crippen LogP contribution in [0, 0.1) is 0 Å². The number of furan rings is 2. The van der Waals surface area contributed by atoms with Gasteiger partial charge in [-0.3, -0.25) is 0 Å². The third-order valence-electron chi connectivity index (χ3n) is 9.08. The summed E-state index contributed by atoms with van der Waals surface area (Å²) in [6.45, 7) is 0. The molecule has 0 spiro atoms. The topological polar surface area (TPSA) is 52.1 Å². The minimum atomic E-state index is 0.680. The molecule has 10 aromatic rings. The van der Waals surface area contributed by atoms with Crippen molar-refractivity contribution in [3.63, 3.8) is 0 Å². The van der Waals surface area contributed by atoms with E-state index in [-0.39, 0.29) is 0 Å². The van der Waals surface area contributed by atoms with Gasteiger partial charge >= 0.3 is 0 Å². The molecule has 0 aliphatic rings. The predicted octanol–water partition coefficient (Wildman–Crippen LogP) is 11.6. The van der Waals surface area contributed by atoms with Gasteiger partial charge in [0.15, 0.2) is 5.82 Å². The SMILES string of the molecule is c1ccc(-c2ccc3c(c2)oc2c4ccccc4c(-c4nc(-c5ccc6oc7ccccc7c6c5)c5ccccc5n4)cc32)cc1. The number of fused-ring (bicyclic) bond motifs is 9. The Labute approximate surface area is 263 Å². The predicted molar refractivity (Wildman–Crippen MR) is 188 cm³/mol. The molecule has 0 unspecified atom stereocenters. The van der Waals surface area contributed by atoms with Crippen molar-refractivity contribution in [1.29, 1.82) is 0 Å². The van der Waals surface area contributed by atoms with Gasteiger partial charge in [-0.1, -0.05) is 97.1 Å². The molecule has 0 N–H and O–H groups in total. The first-order valence-electron chi connectivity index (χ1n) is 15.4. The molecule has 7 aromatic carbocycles. The molecule has 0 saturated heterocycles. The lowest BCUT2D eigenvalue weighted by Crippen LogP contribution is -1.96. The fourth-order valence-electron chi connectivity index (χ4n) is 6.88. The van der Waals surface area contributed by atoms with E-state index in [1.54, 1.807) is 0 Å². The lowest BCUT2D eigenvalue weighted by molar-refractivity contribution is 0.669. The molecule has 10 rings (SSSR count). The van der Waals surface area contributed by atoms with Gasteiger partial charge in [-0.25, -0.2) is 9.97 Å². The maximum atomic E-state index is 6.60. The van der Waals surface area contributed by atoms with Gasteiger partial charge in [-0.15, -0.1) is 0 Å². The maximum absolute atomic E-state index is 6.60. The Morgan fingerprint density at radius 2 is 1.07 bits per heavy atom. The van der Waals surface area contributed by atoms with E-state index < -0.39 is 0 Å². The van der Waals surface area contributed by atoms with Gasteiger partial charge in [0.25, 0.3) is 0 Å². The Hall–Kier alpha value is -6.26. The molecule has 214 valence electrons. The lowest BCUT2D eigenvalue weighted by atomic mass is 9.98. The van der Waals surface area contributed by atoms with E-state index in [1.807, 2.05) is 42.5 Å². The molecule has 0 amide bonds. The first kappa shape index (κ1) is 25.1. The van der Waals surface area contributed by atoms with Crippen molar-refractivity contribution in [2.45, 2.75) is 0 Å². The van der Waals surface area contributed by atoms with Crippen molar-refractivity contribution in [2.24, 2.45) is 0 Å². The van der Waals surface area contributed by atoms with Gasteiger partial charge in [0.2, 0.25) is 0 Å². The smallest absolute Gasteiger partial charge is 0.161 e. The molecule has 0 radical (unpaired) electrons. The number of rotatable bonds is 3. The van der Waals surface area contributed by atoms with Crippen LogP contribution in [-0.2, 0) is 0 Å². The fraction of sp³-hybridized carbons (Fsp3) is 0. The van der Waals surface area contributed by atoms with Crippen LogP contribution in [0.1, 0.15) is 0 Å². The van der Waals surface area contributed by atoms with E-state index >= 15 is 0 Å². The molecule has 4 nitrogen and oxygen atoms in total. The van der Waals surface area contributed by atoms with Crippen LogP contribution in [0.25, 0.3) is 99.3 Å². The molecule has 0 bridgehead atoms. The van der Waals surface area contributed by atoms with Gasteiger partial charge in [0.05, 0.1) is 11.2 Å². The highest BCUT2D eigenvalue weighted by Gasteiger charge is 2.19. The zero-order valence-corrected chi connectivity index (χ0v) is 24.6. The quantitative estimate of drug-likeness (QED) is 0.206. The monoisotopic (exact) mass is 588 g/mol. The number of hydrogen-bond donors (Lipinski definition) is 0. The Balaban J connectivity index is 1.23. The van der Waals surface area contributed by atoms with Gasteiger partial charge in [0.1, 0.15) is 22.3 Å². The summed E-state index contributed by atoms with van der Waals surface area (Å²) < 4.78 is 12.7. The Kier molecular flexibility index (Phi) is 5.25. The van der Waals surface area contributed by atoms with Crippen LogP contribution in [-0.4, -0.2) is 9.97 Å². The second kappa shape index (κ2) is 9.62. The summed E-state index contributed by atoms with van der Waals surface area (Å²) in [7, 11) is 0. The van der Waals surface area contributed by atoms with Gasteiger partial charge in [-0.2, -0.15) is 0 Å². The van der Waals surface area contributed by atoms with Gasteiger partial charge in [0, 0.05) is 43.4 Å². The van der Waals surface area contributed by atoms with Crippen LogP contribution >= 0.6 is 0 Å². The number of para-hydroxylation sites is 2. The summed E-state index contributed by atoms with van der Waals surface area (Å²) in [5.41, 5.74) is 9.54. The van der Waals surface area contributed by atoms with Crippen molar-refractivity contribution in [3.05, 3.63) is 146 Å². The number of hydrogen-bond acceptors (Lipinski definition) is 4. The molecule has 46 heavy (non-hydrogen) atoms. The van der Waals surface area contributed by atoms with Crippen LogP contribution in [0.5, 0.6) is 0 Å². The second-order valence-electron chi connectivity index (χ2n) is 11.7. The first-order valence-corrected chi connectivity index (χ1v) is 15.4. The van der Waals surface area contributed by atoms with Crippen molar-refractivity contribution >= 4 is 65.6 Å². The molecule has 0 atom stereocenters. The summed E-state index contributed by atoms with van der Waals surface area (Å²) in [4.78, 5) is 10.5. The van der Waals surface area contributed by atoms with Crippen LogP contribution in [0.3, 0.4) is 0 Å². The zero-order chi connectivity index (χ0) is 30.2. The summed E-state index contributed by atoms with van der Waals surface area (Å²) in [5, 5.41) is 7.38. The minimum absolute atomic E-state index is 0.680. The molecule has 4 heteroatoms. The van der Waals surface area contributed by atoms with Crippen molar-refractivity contribution < 1.29 is 8.83 Å². The molecule has 0 fully saturated rings. The third-order valence-corrected chi connectivity index (χ3v) is 9.08. The van der Waals surface area contributed by atoms with E-state index in [9.17, 15) is 0 Å². The largest absolute Gasteiger partial charge is 0.456 e. The molecule has 3 aromatic heterocycles. The van der Waals surface area contributed by atoms with Crippen LogP contribution in [0.15, 0.2) is 154 Å². The molecule has 3 heterocycles. The number of benzene rings is 7. The van der Waals surface area contributed by atoms with Crippen LogP contribution in [0.2, 0.25) is 0 Å². The highest BCUT2D eigenvalue weighted by atomic mass is 16.3. The van der Waals surface area contributed by atoms with E-state index in [0.717, 1.165) is 93.5 Å².